The highest BCUT2D eigenvalue weighted by Crippen LogP contribution is 2.14. The standard InChI is InChI=1S/C17H19ClN4O/c18-14-6-4-13(5-7-14)11-19-16-10-15(20-12-21-16)17(23)22-8-2-1-3-9-22/h4-7,10,12H,1-3,8-9,11H2,(H,19,20,21). The molecule has 1 N–H and O–H groups in total. The molecule has 1 amide bonds. The highest BCUT2D eigenvalue weighted by Gasteiger charge is 2.19. The number of carbonyl (C=O) groups excluding carboxylic acids is 1. The van der Waals surface area contributed by atoms with E-state index in [9.17, 15) is 4.79 Å². The molecule has 1 aliphatic heterocycles. The summed E-state index contributed by atoms with van der Waals surface area (Å²) in [4.78, 5) is 22.6. The molecule has 6 heteroatoms. The lowest BCUT2D eigenvalue weighted by atomic mass is 10.1. The first-order valence-corrected chi connectivity index (χ1v) is 8.20. The van der Waals surface area contributed by atoms with Crippen LogP contribution in [0.1, 0.15) is 35.3 Å². The SMILES string of the molecule is O=C(c1cc(NCc2ccc(Cl)cc2)ncn1)N1CCCCC1. The minimum atomic E-state index is -0.0124. The zero-order valence-electron chi connectivity index (χ0n) is 12.8. The molecular formula is C17H19ClN4O. The van der Waals surface area contributed by atoms with E-state index in [1.165, 1.54) is 12.7 Å². The van der Waals surface area contributed by atoms with Crippen molar-refractivity contribution in [2.45, 2.75) is 25.8 Å². The predicted molar refractivity (Wildman–Crippen MR) is 90.6 cm³/mol. The minimum absolute atomic E-state index is 0.0124. The number of likely N-dealkylation sites (tertiary alicyclic amines) is 1. The molecule has 0 bridgehead atoms. The summed E-state index contributed by atoms with van der Waals surface area (Å²) >= 11 is 5.88. The Morgan fingerprint density at radius 2 is 1.87 bits per heavy atom. The van der Waals surface area contributed by atoms with Gasteiger partial charge in [0.2, 0.25) is 0 Å². The molecule has 0 saturated carbocycles. The zero-order valence-corrected chi connectivity index (χ0v) is 13.6. The number of nitrogens with zero attached hydrogens (tertiary/aromatic N) is 3. The lowest BCUT2D eigenvalue weighted by molar-refractivity contribution is 0.0718. The molecule has 3 rings (SSSR count). The van der Waals surface area contributed by atoms with Gasteiger partial charge in [0.1, 0.15) is 17.8 Å². The average Bonchev–Trinajstić information content (AvgIpc) is 2.61. The van der Waals surface area contributed by atoms with Gasteiger partial charge in [-0.1, -0.05) is 23.7 Å². The van der Waals surface area contributed by atoms with Gasteiger partial charge >= 0.3 is 0 Å². The van der Waals surface area contributed by atoms with Crippen LogP contribution >= 0.6 is 11.6 Å². The first-order valence-electron chi connectivity index (χ1n) is 7.82. The Balaban J connectivity index is 1.64. The van der Waals surface area contributed by atoms with E-state index in [0.717, 1.165) is 31.5 Å². The lowest BCUT2D eigenvalue weighted by Crippen LogP contribution is -2.36. The van der Waals surface area contributed by atoms with Crippen molar-refractivity contribution in [3.63, 3.8) is 0 Å². The topological polar surface area (TPSA) is 58.1 Å². The molecule has 1 saturated heterocycles. The predicted octanol–water partition coefficient (Wildman–Crippen LogP) is 3.37. The number of aromatic nitrogens is 2. The van der Waals surface area contributed by atoms with E-state index in [1.54, 1.807) is 6.07 Å². The molecule has 1 fully saturated rings. The first kappa shape index (κ1) is 15.7. The Hall–Kier alpha value is -2.14. The van der Waals surface area contributed by atoms with Crippen LogP contribution in [0.25, 0.3) is 0 Å². The van der Waals surface area contributed by atoms with Crippen molar-refractivity contribution < 1.29 is 4.79 Å². The molecule has 5 nitrogen and oxygen atoms in total. The van der Waals surface area contributed by atoms with E-state index in [2.05, 4.69) is 15.3 Å². The maximum Gasteiger partial charge on any atom is 0.272 e. The molecule has 1 aliphatic rings. The molecule has 120 valence electrons. The van der Waals surface area contributed by atoms with Crippen LogP contribution in [-0.4, -0.2) is 33.9 Å². The monoisotopic (exact) mass is 330 g/mol. The van der Waals surface area contributed by atoms with Crippen LogP contribution in [-0.2, 0) is 6.54 Å². The summed E-state index contributed by atoms with van der Waals surface area (Å²) in [6, 6.07) is 9.33. The summed E-state index contributed by atoms with van der Waals surface area (Å²) in [6.07, 6.45) is 4.76. The molecule has 0 atom stereocenters. The maximum atomic E-state index is 12.5. The lowest BCUT2D eigenvalue weighted by Gasteiger charge is -2.26. The summed E-state index contributed by atoms with van der Waals surface area (Å²) < 4.78 is 0. The van der Waals surface area contributed by atoms with Crippen LogP contribution < -0.4 is 5.32 Å². The van der Waals surface area contributed by atoms with E-state index in [4.69, 9.17) is 11.6 Å². The van der Waals surface area contributed by atoms with Gasteiger partial charge in [0.15, 0.2) is 0 Å². The first-order chi connectivity index (χ1) is 11.2. The second-order valence-electron chi connectivity index (χ2n) is 5.62. The Labute approximate surface area is 140 Å². The molecular weight excluding hydrogens is 312 g/mol. The molecule has 0 spiro atoms. The van der Waals surface area contributed by atoms with Crippen molar-refractivity contribution in [1.29, 1.82) is 0 Å². The van der Waals surface area contributed by atoms with Crippen LogP contribution in [0.15, 0.2) is 36.7 Å². The highest BCUT2D eigenvalue weighted by molar-refractivity contribution is 6.30. The van der Waals surface area contributed by atoms with Gasteiger partial charge in [-0.2, -0.15) is 0 Å². The fraction of sp³-hybridized carbons (Fsp3) is 0.353. The molecule has 0 radical (unpaired) electrons. The third kappa shape index (κ3) is 4.20. The number of benzene rings is 1. The largest absolute Gasteiger partial charge is 0.366 e. The summed E-state index contributed by atoms with van der Waals surface area (Å²) in [7, 11) is 0. The Bertz CT molecular complexity index is 669. The van der Waals surface area contributed by atoms with Crippen molar-refractivity contribution in [1.82, 2.24) is 14.9 Å². The van der Waals surface area contributed by atoms with Crippen LogP contribution in [0.2, 0.25) is 5.02 Å². The van der Waals surface area contributed by atoms with Gasteiger partial charge in [-0.25, -0.2) is 9.97 Å². The van der Waals surface area contributed by atoms with Crippen LogP contribution in [0.3, 0.4) is 0 Å². The summed E-state index contributed by atoms with van der Waals surface area (Å²) in [6.45, 7) is 2.25. The smallest absolute Gasteiger partial charge is 0.272 e. The van der Waals surface area contributed by atoms with Crippen molar-refractivity contribution in [3.8, 4) is 0 Å². The number of piperidine rings is 1. The van der Waals surface area contributed by atoms with Crippen LogP contribution in [0, 0.1) is 0 Å². The Morgan fingerprint density at radius 1 is 1.13 bits per heavy atom. The normalized spacial score (nSPS) is 14.6. The number of hydrogen-bond acceptors (Lipinski definition) is 4. The Morgan fingerprint density at radius 3 is 2.61 bits per heavy atom. The summed E-state index contributed by atoms with van der Waals surface area (Å²) in [5, 5.41) is 3.93. The average molecular weight is 331 g/mol. The van der Waals surface area contributed by atoms with E-state index in [0.29, 0.717) is 23.1 Å². The van der Waals surface area contributed by atoms with Crippen molar-refractivity contribution >= 4 is 23.3 Å². The number of halogens is 1. The zero-order chi connectivity index (χ0) is 16.1. The molecule has 2 aromatic rings. The molecule has 1 aromatic heterocycles. The van der Waals surface area contributed by atoms with Gasteiger partial charge in [0, 0.05) is 30.7 Å². The highest BCUT2D eigenvalue weighted by atomic mass is 35.5. The van der Waals surface area contributed by atoms with Crippen molar-refractivity contribution in [3.05, 3.63) is 52.9 Å². The fourth-order valence-electron chi connectivity index (χ4n) is 2.62. The second kappa shape index (κ2) is 7.42. The van der Waals surface area contributed by atoms with Crippen molar-refractivity contribution in [2.75, 3.05) is 18.4 Å². The van der Waals surface area contributed by atoms with Crippen LogP contribution in [0.4, 0.5) is 5.82 Å². The number of nitrogens with one attached hydrogen (secondary N) is 1. The maximum absolute atomic E-state index is 12.5. The third-order valence-corrected chi connectivity index (χ3v) is 4.17. The van der Waals surface area contributed by atoms with Gasteiger partial charge in [-0.05, 0) is 37.0 Å². The van der Waals surface area contributed by atoms with Crippen molar-refractivity contribution in [2.24, 2.45) is 0 Å². The number of rotatable bonds is 4. The number of anilines is 1. The number of hydrogen-bond donors (Lipinski definition) is 1. The van der Waals surface area contributed by atoms with E-state index in [1.807, 2.05) is 29.2 Å². The minimum Gasteiger partial charge on any atom is -0.366 e. The summed E-state index contributed by atoms with van der Waals surface area (Å²) in [5.41, 5.74) is 1.54. The number of carbonyl (C=O) groups is 1. The van der Waals surface area contributed by atoms with Gasteiger partial charge < -0.3 is 10.2 Å². The quantitative estimate of drug-likeness (QED) is 0.933. The fourth-order valence-corrected chi connectivity index (χ4v) is 2.75. The molecule has 0 aliphatic carbocycles. The van der Waals surface area contributed by atoms with E-state index in [-0.39, 0.29) is 5.91 Å². The van der Waals surface area contributed by atoms with Gasteiger partial charge in [-0.3, -0.25) is 4.79 Å². The van der Waals surface area contributed by atoms with Gasteiger partial charge in [0.25, 0.3) is 5.91 Å². The van der Waals surface area contributed by atoms with E-state index >= 15 is 0 Å². The molecule has 1 aromatic carbocycles. The number of amides is 1. The summed E-state index contributed by atoms with van der Waals surface area (Å²) in [5.74, 6) is 0.636. The van der Waals surface area contributed by atoms with Gasteiger partial charge in [0.05, 0.1) is 0 Å². The van der Waals surface area contributed by atoms with E-state index < -0.39 is 0 Å². The molecule has 0 unspecified atom stereocenters. The Kier molecular flexibility index (Phi) is 5.08. The van der Waals surface area contributed by atoms with Gasteiger partial charge in [-0.15, -0.1) is 0 Å². The third-order valence-electron chi connectivity index (χ3n) is 3.92. The molecule has 2 heterocycles. The second-order valence-corrected chi connectivity index (χ2v) is 6.06. The molecule has 23 heavy (non-hydrogen) atoms. The van der Waals surface area contributed by atoms with Crippen LogP contribution in [0.5, 0.6) is 0 Å².